The SMILES string of the molecule is COCCN1C(=O)[C@@H]2CC[C@H]1CN(C(=O)Cc1cc(C)no1)C2. The first-order valence-electron chi connectivity index (χ1n) is 8.08. The van der Waals surface area contributed by atoms with Crippen LogP contribution in [-0.4, -0.2) is 66.2 Å². The van der Waals surface area contributed by atoms with Gasteiger partial charge < -0.3 is 19.1 Å². The number of ether oxygens (including phenoxy) is 1. The summed E-state index contributed by atoms with van der Waals surface area (Å²) in [4.78, 5) is 28.8. The molecule has 2 bridgehead atoms. The van der Waals surface area contributed by atoms with E-state index in [1.807, 2.05) is 16.7 Å². The lowest BCUT2D eigenvalue weighted by molar-refractivity contribution is -0.140. The first-order chi connectivity index (χ1) is 11.1. The van der Waals surface area contributed by atoms with Gasteiger partial charge in [0, 0.05) is 38.9 Å². The number of carbonyl (C=O) groups excluding carboxylic acids is 2. The third-order valence-corrected chi connectivity index (χ3v) is 4.68. The van der Waals surface area contributed by atoms with E-state index in [0.717, 1.165) is 18.5 Å². The minimum absolute atomic E-state index is 0.000517. The zero-order chi connectivity index (χ0) is 16.4. The summed E-state index contributed by atoms with van der Waals surface area (Å²) >= 11 is 0. The van der Waals surface area contributed by atoms with Gasteiger partial charge in [0.2, 0.25) is 11.8 Å². The summed E-state index contributed by atoms with van der Waals surface area (Å²) in [6, 6.07) is 1.87. The molecule has 3 aliphatic heterocycles. The fraction of sp³-hybridized carbons (Fsp3) is 0.688. The third kappa shape index (κ3) is 3.39. The third-order valence-electron chi connectivity index (χ3n) is 4.68. The first-order valence-corrected chi connectivity index (χ1v) is 8.08. The van der Waals surface area contributed by atoms with Crippen molar-refractivity contribution in [3.05, 3.63) is 17.5 Å². The van der Waals surface area contributed by atoms with E-state index in [-0.39, 0.29) is 30.2 Å². The molecule has 7 heteroatoms. The monoisotopic (exact) mass is 321 g/mol. The number of aromatic nitrogens is 1. The maximum absolute atomic E-state index is 12.6. The Morgan fingerprint density at radius 2 is 2.26 bits per heavy atom. The summed E-state index contributed by atoms with van der Waals surface area (Å²) < 4.78 is 10.2. The number of rotatable bonds is 5. The highest BCUT2D eigenvalue weighted by Gasteiger charge is 2.41. The molecular weight excluding hydrogens is 298 g/mol. The van der Waals surface area contributed by atoms with E-state index in [9.17, 15) is 9.59 Å². The van der Waals surface area contributed by atoms with Gasteiger partial charge in [0.15, 0.2) is 0 Å². The molecule has 1 aromatic heterocycles. The molecule has 0 unspecified atom stereocenters. The zero-order valence-corrected chi connectivity index (χ0v) is 13.7. The maximum atomic E-state index is 12.6. The van der Waals surface area contributed by atoms with Crippen LogP contribution in [0, 0.1) is 12.8 Å². The second-order valence-corrected chi connectivity index (χ2v) is 6.36. The average molecular weight is 321 g/mol. The molecule has 3 saturated heterocycles. The molecule has 0 radical (unpaired) electrons. The largest absolute Gasteiger partial charge is 0.383 e. The fourth-order valence-corrected chi connectivity index (χ4v) is 3.49. The number of amides is 2. The normalized spacial score (nSPS) is 24.2. The van der Waals surface area contributed by atoms with Gasteiger partial charge in [-0.05, 0) is 19.8 Å². The van der Waals surface area contributed by atoms with Crippen molar-refractivity contribution in [3.63, 3.8) is 0 Å². The summed E-state index contributed by atoms with van der Waals surface area (Å²) in [6.07, 6.45) is 2.01. The number of hydrogen-bond acceptors (Lipinski definition) is 5. The highest BCUT2D eigenvalue weighted by Crippen LogP contribution is 2.29. The Hall–Kier alpha value is -1.89. The van der Waals surface area contributed by atoms with E-state index in [1.165, 1.54) is 0 Å². The van der Waals surface area contributed by atoms with E-state index in [2.05, 4.69) is 5.16 Å². The molecule has 3 aliphatic rings. The van der Waals surface area contributed by atoms with Crippen LogP contribution in [0.1, 0.15) is 24.3 Å². The van der Waals surface area contributed by atoms with E-state index in [1.54, 1.807) is 13.2 Å². The predicted octanol–water partition coefficient (Wildman–Crippen LogP) is 0.621. The van der Waals surface area contributed by atoms with Gasteiger partial charge in [0.25, 0.3) is 0 Å². The number of fused-ring (bicyclic) bond motifs is 4. The van der Waals surface area contributed by atoms with E-state index in [0.29, 0.717) is 32.0 Å². The second-order valence-electron chi connectivity index (χ2n) is 6.36. The van der Waals surface area contributed by atoms with Crippen LogP contribution >= 0.6 is 0 Å². The van der Waals surface area contributed by atoms with Crippen molar-refractivity contribution in [1.82, 2.24) is 15.0 Å². The molecule has 7 nitrogen and oxygen atoms in total. The van der Waals surface area contributed by atoms with Gasteiger partial charge in [-0.2, -0.15) is 0 Å². The predicted molar refractivity (Wildman–Crippen MR) is 81.6 cm³/mol. The van der Waals surface area contributed by atoms with Crippen molar-refractivity contribution >= 4 is 11.8 Å². The minimum Gasteiger partial charge on any atom is -0.383 e. The minimum atomic E-state index is -0.0916. The lowest BCUT2D eigenvalue weighted by atomic mass is 9.94. The molecule has 4 rings (SSSR count). The molecule has 0 N–H and O–H groups in total. The lowest BCUT2D eigenvalue weighted by Gasteiger charge is -2.35. The average Bonchev–Trinajstić information content (AvgIpc) is 2.75. The van der Waals surface area contributed by atoms with E-state index in [4.69, 9.17) is 9.26 Å². The summed E-state index contributed by atoms with van der Waals surface area (Å²) in [7, 11) is 1.63. The number of nitrogens with zero attached hydrogens (tertiary/aromatic N) is 3. The smallest absolute Gasteiger partial charge is 0.230 e. The molecule has 4 heterocycles. The molecule has 126 valence electrons. The van der Waals surface area contributed by atoms with Crippen molar-refractivity contribution in [3.8, 4) is 0 Å². The highest BCUT2D eigenvalue weighted by atomic mass is 16.5. The van der Waals surface area contributed by atoms with E-state index < -0.39 is 0 Å². The Kier molecular flexibility index (Phi) is 4.66. The van der Waals surface area contributed by atoms with Gasteiger partial charge in [-0.1, -0.05) is 5.16 Å². The molecule has 23 heavy (non-hydrogen) atoms. The molecule has 2 amide bonds. The molecule has 0 aromatic carbocycles. The zero-order valence-electron chi connectivity index (χ0n) is 13.7. The maximum Gasteiger partial charge on any atom is 0.230 e. The van der Waals surface area contributed by atoms with Crippen molar-refractivity contribution < 1.29 is 18.8 Å². The summed E-state index contributed by atoms with van der Waals surface area (Å²) in [6.45, 7) is 4.05. The Morgan fingerprint density at radius 3 is 2.96 bits per heavy atom. The van der Waals surface area contributed by atoms with Crippen molar-refractivity contribution in [2.24, 2.45) is 5.92 Å². The second kappa shape index (κ2) is 6.70. The number of aryl methyl sites for hydroxylation is 1. The topological polar surface area (TPSA) is 75.9 Å². The number of methoxy groups -OCH3 is 1. The van der Waals surface area contributed by atoms with Crippen molar-refractivity contribution in [2.75, 3.05) is 33.4 Å². The van der Waals surface area contributed by atoms with Gasteiger partial charge in [0.1, 0.15) is 5.76 Å². The highest BCUT2D eigenvalue weighted by molar-refractivity contribution is 5.83. The van der Waals surface area contributed by atoms with Crippen LogP contribution in [0.5, 0.6) is 0 Å². The Bertz CT molecular complexity index is 586. The number of hydrogen-bond donors (Lipinski definition) is 0. The van der Waals surface area contributed by atoms with Crippen molar-refractivity contribution in [2.45, 2.75) is 32.2 Å². The summed E-state index contributed by atoms with van der Waals surface area (Å²) in [5, 5.41) is 3.81. The molecule has 0 aliphatic carbocycles. The Morgan fingerprint density at radius 1 is 1.43 bits per heavy atom. The van der Waals surface area contributed by atoms with Crippen LogP contribution in [0.4, 0.5) is 0 Å². The van der Waals surface area contributed by atoms with Gasteiger partial charge in [-0.25, -0.2) is 0 Å². The van der Waals surface area contributed by atoms with E-state index >= 15 is 0 Å². The van der Waals surface area contributed by atoms with Gasteiger partial charge in [-0.15, -0.1) is 0 Å². The van der Waals surface area contributed by atoms with Crippen LogP contribution in [0.3, 0.4) is 0 Å². The quantitative estimate of drug-likeness (QED) is 0.795. The molecule has 2 atom stereocenters. The Labute approximate surface area is 135 Å². The van der Waals surface area contributed by atoms with Gasteiger partial charge >= 0.3 is 0 Å². The van der Waals surface area contributed by atoms with Gasteiger partial charge in [0.05, 0.1) is 24.6 Å². The molecule has 0 saturated carbocycles. The van der Waals surface area contributed by atoms with Crippen LogP contribution in [0.15, 0.2) is 10.6 Å². The summed E-state index contributed by atoms with van der Waals surface area (Å²) in [5.74, 6) is 0.640. The van der Waals surface area contributed by atoms with Crippen LogP contribution in [-0.2, 0) is 20.7 Å². The van der Waals surface area contributed by atoms with Crippen molar-refractivity contribution in [1.29, 1.82) is 0 Å². The standard InChI is InChI=1S/C16H23N3O4/c1-11-7-14(23-17-11)8-15(20)18-9-12-3-4-13(10-18)19(16(12)21)5-6-22-2/h7,12-13H,3-6,8-10H2,1-2H3/t12-,13+/m1/s1. The van der Waals surface area contributed by atoms with Gasteiger partial charge in [-0.3, -0.25) is 9.59 Å². The summed E-state index contributed by atoms with van der Waals surface area (Å²) in [5.41, 5.74) is 0.768. The molecule has 3 fully saturated rings. The lowest BCUT2D eigenvalue weighted by Crippen LogP contribution is -2.49. The van der Waals surface area contributed by atoms with Crippen LogP contribution < -0.4 is 0 Å². The fourth-order valence-electron chi connectivity index (χ4n) is 3.49. The Balaban J connectivity index is 1.68. The first kappa shape index (κ1) is 16.0. The molecular formula is C16H23N3O4. The number of piperidine rings is 1. The van der Waals surface area contributed by atoms with Crippen LogP contribution in [0.25, 0.3) is 0 Å². The number of carbonyl (C=O) groups is 2. The molecule has 0 spiro atoms. The molecule has 1 aromatic rings. The van der Waals surface area contributed by atoms with Crippen LogP contribution in [0.2, 0.25) is 0 Å².